The number of hydrazine groups is 1. The Morgan fingerprint density at radius 2 is 2.35 bits per heavy atom. The first-order valence-electron chi connectivity index (χ1n) is 7.09. The van der Waals surface area contributed by atoms with Crippen molar-refractivity contribution in [2.24, 2.45) is 11.8 Å². The molecule has 1 aliphatic rings. The summed E-state index contributed by atoms with van der Waals surface area (Å²) in [6.07, 6.45) is 2.88. The van der Waals surface area contributed by atoms with Crippen LogP contribution in [0, 0.1) is 11.7 Å². The van der Waals surface area contributed by atoms with Gasteiger partial charge in [-0.1, -0.05) is 13.0 Å². The summed E-state index contributed by atoms with van der Waals surface area (Å²) in [7, 11) is 1.46. The van der Waals surface area contributed by atoms with Crippen LogP contribution >= 0.6 is 0 Å². The number of ether oxygens (including phenoxy) is 2. The van der Waals surface area contributed by atoms with Crippen molar-refractivity contribution in [2.75, 3.05) is 13.7 Å². The number of benzene rings is 1. The predicted octanol–water partition coefficient (Wildman–Crippen LogP) is 2.02. The van der Waals surface area contributed by atoms with Gasteiger partial charge < -0.3 is 9.47 Å². The zero-order valence-electron chi connectivity index (χ0n) is 12.1. The molecule has 3 N–H and O–H groups in total. The Balaban J connectivity index is 2.08. The van der Waals surface area contributed by atoms with Crippen LogP contribution in [-0.4, -0.2) is 25.9 Å². The van der Waals surface area contributed by atoms with E-state index in [1.165, 1.54) is 13.2 Å². The van der Waals surface area contributed by atoms with Gasteiger partial charge in [-0.3, -0.25) is 11.3 Å². The summed E-state index contributed by atoms with van der Waals surface area (Å²) in [5.41, 5.74) is 3.78. The lowest BCUT2D eigenvalue weighted by atomic mass is 9.87. The molecule has 4 nitrogen and oxygen atoms in total. The van der Waals surface area contributed by atoms with Crippen LogP contribution in [0.5, 0.6) is 5.75 Å². The highest BCUT2D eigenvalue weighted by molar-refractivity contribution is 5.29. The minimum Gasteiger partial charge on any atom is -0.494 e. The van der Waals surface area contributed by atoms with Crippen molar-refractivity contribution in [3.63, 3.8) is 0 Å². The summed E-state index contributed by atoms with van der Waals surface area (Å²) in [6.45, 7) is 2.89. The molecule has 2 rings (SSSR count). The first kappa shape index (κ1) is 15.2. The van der Waals surface area contributed by atoms with Crippen LogP contribution in [0.3, 0.4) is 0 Å². The van der Waals surface area contributed by atoms with Gasteiger partial charge in [0.2, 0.25) is 0 Å². The van der Waals surface area contributed by atoms with Gasteiger partial charge >= 0.3 is 0 Å². The van der Waals surface area contributed by atoms with Crippen LogP contribution in [0.1, 0.15) is 25.3 Å². The number of nitrogens with one attached hydrogen (secondary N) is 1. The van der Waals surface area contributed by atoms with E-state index < -0.39 is 0 Å². The third-order valence-corrected chi connectivity index (χ3v) is 4.07. The fourth-order valence-electron chi connectivity index (χ4n) is 2.97. The van der Waals surface area contributed by atoms with E-state index in [4.69, 9.17) is 15.3 Å². The van der Waals surface area contributed by atoms with Gasteiger partial charge in [-0.15, -0.1) is 0 Å². The molecule has 3 atom stereocenters. The molecule has 5 heteroatoms. The van der Waals surface area contributed by atoms with Gasteiger partial charge in [-0.2, -0.15) is 0 Å². The molecule has 1 aromatic rings. The molecule has 3 unspecified atom stereocenters. The molecule has 0 aliphatic carbocycles. The van der Waals surface area contributed by atoms with E-state index in [9.17, 15) is 4.39 Å². The maximum absolute atomic E-state index is 13.7. The lowest BCUT2D eigenvalue weighted by molar-refractivity contribution is 0.0774. The Bertz CT molecular complexity index is 442. The van der Waals surface area contributed by atoms with Crippen molar-refractivity contribution in [3.05, 3.63) is 29.6 Å². The maximum atomic E-state index is 13.7. The second-order valence-electron chi connectivity index (χ2n) is 5.22. The smallest absolute Gasteiger partial charge is 0.165 e. The Morgan fingerprint density at radius 3 is 2.95 bits per heavy atom. The highest BCUT2D eigenvalue weighted by Crippen LogP contribution is 2.28. The van der Waals surface area contributed by atoms with Crippen molar-refractivity contribution < 1.29 is 13.9 Å². The van der Waals surface area contributed by atoms with E-state index in [1.54, 1.807) is 6.07 Å². The highest BCUT2D eigenvalue weighted by Gasteiger charge is 2.33. The van der Waals surface area contributed by atoms with Crippen LogP contribution in [0.15, 0.2) is 18.2 Å². The molecule has 0 amide bonds. The van der Waals surface area contributed by atoms with Crippen molar-refractivity contribution in [1.29, 1.82) is 0 Å². The van der Waals surface area contributed by atoms with Gasteiger partial charge in [0.1, 0.15) is 0 Å². The molecule has 0 aromatic heterocycles. The molecular formula is C15H23FN2O2. The summed E-state index contributed by atoms with van der Waals surface area (Å²) in [5.74, 6) is 5.99. The monoisotopic (exact) mass is 282 g/mol. The van der Waals surface area contributed by atoms with Gasteiger partial charge in [0.05, 0.1) is 13.2 Å². The molecule has 1 saturated heterocycles. The molecule has 1 aliphatic heterocycles. The van der Waals surface area contributed by atoms with E-state index in [1.807, 2.05) is 6.07 Å². The van der Waals surface area contributed by atoms with E-state index in [2.05, 4.69) is 12.3 Å². The number of nitrogens with two attached hydrogens (primary N) is 1. The molecule has 1 heterocycles. The second kappa shape index (κ2) is 7.02. The summed E-state index contributed by atoms with van der Waals surface area (Å²) in [4.78, 5) is 0. The van der Waals surface area contributed by atoms with Crippen LogP contribution in [-0.2, 0) is 11.2 Å². The van der Waals surface area contributed by atoms with Gasteiger partial charge in [0.15, 0.2) is 11.6 Å². The van der Waals surface area contributed by atoms with Crippen molar-refractivity contribution in [1.82, 2.24) is 5.43 Å². The lowest BCUT2D eigenvalue weighted by Gasteiger charge is -2.26. The molecule has 1 fully saturated rings. The average molecular weight is 282 g/mol. The lowest BCUT2D eigenvalue weighted by Crippen LogP contribution is -2.45. The van der Waals surface area contributed by atoms with Crippen molar-refractivity contribution >= 4 is 0 Å². The molecule has 0 saturated carbocycles. The highest BCUT2D eigenvalue weighted by atomic mass is 19.1. The van der Waals surface area contributed by atoms with Crippen LogP contribution in [0.2, 0.25) is 0 Å². The second-order valence-corrected chi connectivity index (χ2v) is 5.22. The molecule has 112 valence electrons. The minimum absolute atomic E-state index is 0.0928. The first-order valence-corrected chi connectivity index (χ1v) is 7.09. The summed E-state index contributed by atoms with van der Waals surface area (Å²) < 4.78 is 24.4. The summed E-state index contributed by atoms with van der Waals surface area (Å²) in [6, 6.07) is 5.14. The molecule has 20 heavy (non-hydrogen) atoms. The van der Waals surface area contributed by atoms with Crippen LogP contribution < -0.4 is 16.0 Å². The average Bonchev–Trinajstić information content (AvgIpc) is 2.93. The Hall–Kier alpha value is -1.17. The molecule has 0 bridgehead atoms. The van der Waals surface area contributed by atoms with E-state index >= 15 is 0 Å². The largest absolute Gasteiger partial charge is 0.494 e. The van der Waals surface area contributed by atoms with Gasteiger partial charge in [0.25, 0.3) is 0 Å². The minimum atomic E-state index is -0.338. The van der Waals surface area contributed by atoms with E-state index in [0.717, 1.165) is 25.0 Å². The topological polar surface area (TPSA) is 56.5 Å². The number of hydrogen-bond acceptors (Lipinski definition) is 4. The Morgan fingerprint density at radius 1 is 1.55 bits per heavy atom. The fraction of sp³-hybridized carbons (Fsp3) is 0.600. The van der Waals surface area contributed by atoms with Gasteiger partial charge in [0, 0.05) is 18.6 Å². The molecule has 0 radical (unpaired) electrons. The van der Waals surface area contributed by atoms with Crippen LogP contribution in [0.4, 0.5) is 4.39 Å². The normalized spacial score (nSPS) is 23.8. The number of rotatable bonds is 6. The zero-order chi connectivity index (χ0) is 14.5. The van der Waals surface area contributed by atoms with Crippen molar-refractivity contribution in [2.45, 2.75) is 38.3 Å². The third-order valence-electron chi connectivity index (χ3n) is 4.07. The van der Waals surface area contributed by atoms with Gasteiger partial charge in [-0.05, 0) is 37.0 Å². The maximum Gasteiger partial charge on any atom is 0.165 e. The van der Waals surface area contributed by atoms with Crippen molar-refractivity contribution in [3.8, 4) is 5.75 Å². The Kier molecular flexibility index (Phi) is 5.34. The summed E-state index contributed by atoms with van der Waals surface area (Å²) in [5, 5.41) is 0. The Labute approximate surface area is 119 Å². The summed E-state index contributed by atoms with van der Waals surface area (Å²) >= 11 is 0. The van der Waals surface area contributed by atoms with E-state index in [-0.39, 0.29) is 23.7 Å². The molecular weight excluding hydrogens is 259 g/mol. The zero-order valence-corrected chi connectivity index (χ0v) is 12.1. The number of hydrogen-bond donors (Lipinski definition) is 2. The van der Waals surface area contributed by atoms with Crippen LogP contribution in [0.25, 0.3) is 0 Å². The number of halogens is 1. The molecule has 1 aromatic carbocycles. The standard InChI is InChI=1S/C15H23FN2O2/c1-3-14-11(6-7-20-14)13(18-17)9-10-4-5-15(19-2)12(16)8-10/h4-5,8,11,13-14,18H,3,6-7,9,17H2,1-2H3. The fourth-order valence-corrected chi connectivity index (χ4v) is 2.97. The first-order chi connectivity index (χ1) is 9.69. The predicted molar refractivity (Wildman–Crippen MR) is 75.9 cm³/mol. The molecule has 0 spiro atoms. The number of methoxy groups -OCH3 is 1. The van der Waals surface area contributed by atoms with Gasteiger partial charge in [-0.25, -0.2) is 4.39 Å². The SMILES string of the molecule is CCC1OCCC1C(Cc1ccc(OC)c(F)c1)NN. The quantitative estimate of drug-likeness (QED) is 0.619. The van der Waals surface area contributed by atoms with E-state index in [0.29, 0.717) is 12.3 Å². The third kappa shape index (κ3) is 3.29.